The first-order valence-corrected chi connectivity index (χ1v) is 12.3. The van der Waals surface area contributed by atoms with Crippen molar-refractivity contribution in [1.82, 2.24) is 16.0 Å². The van der Waals surface area contributed by atoms with Gasteiger partial charge in [-0.2, -0.15) is 12.6 Å². The molecule has 0 radical (unpaired) electrons. The van der Waals surface area contributed by atoms with Gasteiger partial charge >= 0.3 is 11.9 Å². The summed E-state index contributed by atoms with van der Waals surface area (Å²) in [5, 5.41) is 24.9. The van der Waals surface area contributed by atoms with E-state index in [1.807, 2.05) is 0 Å². The van der Waals surface area contributed by atoms with Crippen LogP contribution in [-0.2, 0) is 24.0 Å². The zero-order chi connectivity index (χ0) is 25.1. The number of unbranched alkanes of at least 4 members (excludes halogenated alkanes) is 8. The fourth-order valence-electron chi connectivity index (χ4n) is 3.14. The lowest BCUT2D eigenvalue weighted by atomic mass is 10.1. The maximum atomic E-state index is 12.1. The minimum atomic E-state index is -1.24. The molecule has 0 rings (SSSR count). The summed E-state index contributed by atoms with van der Waals surface area (Å²) in [6.45, 7) is 1.59. The van der Waals surface area contributed by atoms with Crippen molar-refractivity contribution in [3.63, 3.8) is 0 Å². The fourth-order valence-corrected chi connectivity index (χ4v) is 3.40. The van der Waals surface area contributed by atoms with Crippen LogP contribution in [0.1, 0.15) is 84.0 Å². The Kier molecular flexibility index (Phi) is 17.9. The second kappa shape index (κ2) is 19.2. The van der Waals surface area contributed by atoms with Crippen molar-refractivity contribution < 1.29 is 34.2 Å². The van der Waals surface area contributed by atoms with Gasteiger partial charge in [-0.25, -0.2) is 4.79 Å². The first-order chi connectivity index (χ1) is 15.7. The van der Waals surface area contributed by atoms with Crippen molar-refractivity contribution in [2.24, 2.45) is 0 Å². The summed E-state index contributed by atoms with van der Waals surface area (Å²) in [5.41, 5.74) is 0. The van der Waals surface area contributed by atoms with Crippen LogP contribution in [0.25, 0.3) is 0 Å². The molecule has 10 nitrogen and oxygen atoms in total. The molecule has 0 unspecified atom stereocenters. The third-order valence-electron chi connectivity index (χ3n) is 5.05. The standard InChI is InChI=1S/C22H39N3O7S/c1-2-3-4-5-6-7-8-9-10-11-18(26)24-16(22(31)32)12-13-19(27)25-17(15-33)21(30)23-14-20(28)29/h16-17,33H,2-15H2,1H3,(H,23,30)(H,24,26)(H,25,27)(H,28,29)(H,31,32)/t16-,17-/m0/s1. The van der Waals surface area contributed by atoms with E-state index in [1.54, 1.807) is 0 Å². The topological polar surface area (TPSA) is 162 Å². The van der Waals surface area contributed by atoms with Crippen molar-refractivity contribution in [3.8, 4) is 0 Å². The maximum Gasteiger partial charge on any atom is 0.326 e. The molecule has 0 aromatic carbocycles. The van der Waals surface area contributed by atoms with E-state index < -0.39 is 42.4 Å². The number of carboxylic acid groups (broad SMARTS) is 2. The first kappa shape index (κ1) is 30.7. The molecule has 33 heavy (non-hydrogen) atoms. The number of hydrogen-bond acceptors (Lipinski definition) is 6. The number of carbonyl (C=O) groups is 5. The maximum absolute atomic E-state index is 12.1. The van der Waals surface area contributed by atoms with Gasteiger partial charge in [0.05, 0.1) is 0 Å². The van der Waals surface area contributed by atoms with Gasteiger partial charge < -0.3 is 26.2 Å². The monoisotopic (exact) mass is 489 g/mol. The molecule has 0 fully saturated rings. The van der Waals surface area contributed by atoms with E-state index in [0.29, 0.717) is 6.42 Å². The minimum absolute atomic E-state index is 0.0605. The van der Waals surface area contributed by atoms with Crippen LogP contribution in [0, 0.1) is 0 Å². The number of nitrogens with one attached hydrogen (secondary N) is 3. The third kappa shape index (κ3) is 16.9. The molecule has 2 atom stereocenters. The van der Waals surface area contributed by atoms with Crippen molar-refractivity contribution >= 4 is 42.3 Å². The minimum Gasteiger partial charge on any atom is -0.480 e. The molecule has 3 amide bonds. The molecule has 0 aliphatic rings. The molecule has 0 saturated heterocycles. The quantitative estimate of drug-likeness (QED) is 0.112. The number of carbonyl (C=O) groups excluding carboxylic acids is 3. The van der Waals surface area contributed by atoms with Gasteiger partial charge in [-0.05, 0) is 12.8 Å². The van der Waals surface area contributed by atoms with E-state index in [2.05, 4.69) is 35.5 Å². The van der Waals surface area contributed by atoms with Crippen LogP contribution in [0.4, 0.5) is 0 Å². The van der Waals surface area contributed by atoms with Crippen LogP contribution in [0.5, 0.6) is 0 Å². The van der Waals surface area contributed by atoms with E-state index in [1.165, 1.54) is 32.1 Å². The predicted octanol–water partition coefficient (Wildman–Crippen LogP) is 1.87. The molecule has 0 spiro atoms. The van der Waals surface area contributed by atoms with Crippen LogP contribution in [-0.4, -0.2) is 64.3 Å². The smallest absolute Gasteiger partial charge is 0.326 e. The Hall–Kier alpha value is -2.30. The predicted molar refractivity (Wildman–Crippen MR) is 127 cm³/mol. The summed E-state index contributed by atoms with van der Waals surface area (Å²) in [7, 11) is 0. The van der Waals surface area contributed by atoms with E-state index in [-0.39, 0.29) is 30.9 Å². The van der Waals surface area contributed by atoms with Crippen LogP contribution < -0.4 is 16.0 Å². The highest BCUT2D eigenvalue weighted by Gasteiger charge is 2.23. The van der Waals surface area contributed by atoms with Crippen LogP contribution in [0.3, 0.4) is 0 Å². The molecule has 0 aromatic rings. The molecule has 0 saturated carbocycles. The summed E-state index contributed by atoms with van der Waals surface area (Å²) in [6, 6.07) is -2.26. The Labute approximate surface area is 201 Å². The second-order valence-corrected chi connectivity index (χ2v) is 8.35. The van der Waals surface area contributed by atoms with Gasteiger partial charge in [0.25, 0.3) is 0 Å². The molecule has 190 valence electrons. The molecule has 0 heterocycles. The lowest BCUT2D eigenvalue weighted by Crippen LogP contribution is -2.49. The normalized spacial score (nSPS) is 12.4. The molecule has 0 aliphatic carbocycles. The molecular weight excluding hydrogens is 450 g/mol. The summed E-state index contributed by atoms with van der Waals surface area (Å²) in [5.74, 6) is -4.20. The van der Waals surface area contributed by atoms with E-state index in [9.17, 15) is 29.1 Å². The number of carboxylic acids is 2. The number of thiol groups is 1. The van der Waals surface area contributed by atoms with Crippen LogP contribution in [0.15, 0.2) is 0 Å². The number of hydrogen-bond donors (Lipinski definition) is 6. The van der Waals surface area contributed by atoms with Crippen molar-refractivity contribution in [1.29, 1.82) is 0 Å². The summed E-state index contributed by atoms with van der Waals surface area (Å²) >= 11 is 3.96. The van der Waals surface area contributed by atoms with Gasteiger partial charge in [-0.15, -0.1) is 0 Å². The zero-order valence-electron chi connectivity index (χ0n) is 19.4. The van der Waals surface area contributed by atoms with E-state index in [4.69, 9.17) is 5.11 Å². The van der Waals surface area contributed by atoms with Crippen molar-refractivity contribution in [2.45, 2.75) is 96.1 Å². The highest BCUT2D eigenvalue weighted by atomic mass is 32.1. The average Bonchev–Trinajstić information content (AvgIpc) is 2.77. The molecule has 11 heteroatoms. The Balaban J connectivity index is 4.22. The lowest BCUT2D eigenvalue weighted by molar-refractivity contribution is -0.142. The number of amides is 3. The highest BCUT2D eigenvalue weighted by molar-refractivity contribution is 7.80. The van der Waals surface area contributed by atoms with Gasteiger partial charge in [-0.3, -0.25) is 19.2 Å². The molecular formula is C22H39N3O7S. The lowest BCUT2D eigenvalue weighted by Gasteiger charge is -2.17. The molecule has 0 aliphatic heterocycles. The number of aliphatic carboxylic acids is 2. The largest absolute Gasteiger partial charge is 0.480 e. The number of rotatable bonds is 20. The van der Waals surface area contributed by atoms with Crippen molar-refractivity contribution in [2.75, 3.05) is 12.3 Å². The van der Waals surface area contributed by atoms with Crippen LogP contribution >= 0.6 is 12.6 Å². The third-order valence-corrected chi connectivity index (χ3v) is 5.41. The zero-order valence-corrected chi connectivity index (χ0v) is 20.3. The van der Waals surface area contributed by atoms with Crippen molar-refractivity contribution in [3.05, 3.63) is 0 Å². The summed E-state index contributed by atoms with van der Waals surface area (Å²) < 4.78 is 0. The van der Waals surface area contributed by atoms with Gasteiger partial charge in [0.2, 0.25) is 17.7 Å². The Morgan fingerprint density at radius 2 is 1.27 bits per heavy atom. The SMILES string of the molecule is CCCCCCCCCCCC(=O)N[C@@H](CCC(=O)N[C@@H](CS)C(=O)NCC(=O)O)C(=O)O. The second-order valence-electron chi connectivity index (χ2n) is 7.99. The van der Waals surface area contributed by atoms with Gasteiger partial charge in [0.15, 0.2) is 0 Å². The molecule has 0 aromatic heterocycles. The summed E-state index contributed by atoms with van der Waals surface area (Å²) in [4.78, 5) is 57.9. The van der Waals surface area contributed by atoms with Crippen LogP contribution in [0.2, 0.25) is 0 Å². The first-order valence-electron chi connectivity index (χ1n) is 11.6. The Bertz CT molecular complexity index is 631. The highest BCUT2D eigenvalue weighted by Crippen LogP contribution is 2.10. The summed E-state index contributed by atoms with van der Waals surface area (Å²) in [6.07, 6.45) is 9.84. The van der Waals surface area contributed by atoms with E-state index in [0.717, 1.165) is 19.3 Å². The molecule has 0 bridgehead atoms. The molecule has 5 N–H and O–H groups in total. The fraction of sp³-hybridized carbons (Fsp3) is 0.773. The Morgan fingerprint density at radius 1 is 0.758 bits per heavy atom. The van der Waals surface area contributed by atoms with Gasteiger partial charge in [0.1, 0.15) is 18.6 Å². The average molecular weight is 490 g/mol. The van der Waals surface area contributed by atoms with Gasteiger partial charge in [-0.1, -0.05) is 58.3 Å². The van der Waals surface area contributed by atoms with Gasteiger partial charge in [0, 0.05) is 18.6 Å². The van der Waals surface area contributed by atoms with E-state index >= 15 is 0 Å². The Morgan fingerprint density at radius 3 is 1.79 bits per heavy atom.